The quantitative estimate of drug-likeness (QED) is 0.725. The number of thiazole rings is 1. The molecule has 0 radical (unpaired) electrons. The maximum absolute atomic E-state index is 12.6. The standard InChI is InChI=1S/C17H18N4O3S2/c22-16(11-14-12-20-8-9-25-17(20)19-14)18-13-4-3-5-15(10-13)26(23,24)21-6-1-2-7-21/h3-5,8-10,12H,1-2,6-7,11H2,(H,18,22). The van der Waals surface area contributed by atoms with Crippen molar-refractivity contribution >= 4 is 37.9 Å². The van der Waals surface area contributed by atoms with Crippen LogP contribution in [0.2, 0.25) is 0 Å². The molecule has 9 heteroatoms. The molecule has 1 aromatic carbocycles. The second-order valence-electron chi connectivity index (χ2n) is 6.19. The van der Waals surface area contributed by atoms with Crippen molar-refractivity contribution in [1.82, 2.24) is 13.7 Å². The molecule has 3 aromatic rings. The van der Waals surface area contributed by atoms with Crippen LogP contribution < -0.4 is 5.32 Å². The lowest BCUT2D eigenvalue weighted by molar-refractivity contribution is -0.115. The van der Waals surface area contributed by atoms with E-state index < -0.39 is 10.0 Å². The SMILES string of the molecule is O=C(Cc1cn2ccsc2n1)Nc1cccc(S(=O)(=O)N2CCCC2)c1. The Morgan fingerprint density at radius 1 is 1.27 bits per heavy atom. The highest BCUT2D eigenvalue weighted by Crippen LogP contribution is 2.23. The summed E-state index contributed by atoms with van der Waals surface area (Å²) in [7, 11) is -3.50. The molecule has 1 saturated heterocycles. The molecular weight excluding hydrogens is 372 g/mol. The normalized spacial score (nSPS) is 15.5. The summed E-state index contributed by atoms with van der Waals surface area (Å²) in [5, 5.41) is 4.69. The van der Waals surface area contributed by atoms with Crippen LogP contribution in [-0.2, 0) is 21.2 Å². The Balaban J connectivity index is 1.47. The fraction of sp³-hybridized carbons (Fsp3) is 0.294. The molecule has 136 valence electrons. The highest BCUT2D eigenvalue weighted by molar-refractivity contribution is 7.89. The van der Waals surface area contributed by atoms with Gasteiger partial charge in [0.25, 0.3) is 0 Å². The highest BCUT2D eigenvalue weighted by atomic mass is 32.2. The molecule has 0 unspecified atom stereocenters. The molecule has 0 spiro atoms. The van der Waals surface area contributed by atoms with Crippen molar-refractivity contribution in [2.24, 2.45) is 0 Å². The van der Waals surface area contributed by atoms with Crippen molar-refractivity contribution in [2.45, 2.75) is 24.2 Å². The first kappa shape index (κ1) is 17.2. The van der Waals surface area contributed by atoms with Crippen LogP contribution in [0.3, 0.4) is 0 Å². The lowest BCUT2D eigenvalue weighted by Gasteiger charge is -2.16. The second-order valence-corrected chi connectivity index (χ2v) is 9.00. The van der Waals surface area contributed by atoms with E-state index in [1.807, 2.05) is 22.2 Å². The number of imidazole rings is 1. The van der Waals surface area contributed by atoms with Crippen molar-refractivity contribution in [2.75, 3.05) is 18.4 Å². The Kier molecular flexibility index (Phi) is 4.51. The van der Waals surface area contributed by atoms with E-state index in [-0.39, 0.29) is 17.2 Å². The number of rotatable bonds is 5. The lowest BCUT2D eigenvalue weighted by Crippen LogP contribution is -2.28. The molecule has 0 saturated carbocycles. The zero-order valence-corrected chi connectivity index (χ0v) is 15.6. The van der Waals surface area contributed by atoms with Crippen LogP contribution >= 0.6 is 11.3 Å². The maximum Gasteiger partial charge on any atom is 0.243 e. The molecule has 7 nitrogen and oxygen atoms in total. The fourth-order valence-corrected chi connectivity index (χ4v) is 5.33. The Morgan fingerprint density at radius 3 is 2.85 bits per heavy atom. The minimum absolute atomic E-state index is 0.136. The second kappa shape index (κ2) is 6.82. The van der Waals surface area contributed by atoms with Gasteiger partial charge >= 0.3 is 0 Å². The van der Waals surface area contributed by atoms with Gasteiger partial charge in [-0.2, -0.15) is 4.31 Å². The molecule has 3 heterocycles. The van der Waals surface area contributed by atoms with E-state index in [4.69, 9.17) is 0 Å². The van der Waals surface area contributed by atoms with Gasteiger partial charge in [0.15, 0.2) is 4.96 Å². The Hall–Kier alpha value is -2.23. The van der Waals surface area contributed by atoms with Crippen LogP contribution in [0.5, 0.6) is 0 Å². The number of sulfonamides is 1. The smallest absolute Gasteiger partial charge is 0.243 e. The molecule has 0 aliphatic carbocycles. The number of fused-ring (bicyclic) bond motifs is 1. The van der Waals surface area contributed by atoms with Crippen molar-refractivity contribution in [3.05, 3.63) is 47.7 Å². The maximum atomic E-state index is 12.6. The summed E-state index contributed by atoms with van der Waals surface area (Å²) < 4.78 is 28.6. The van der Waals surface area contributed by atoms with Crippen molar-refractivity contribution in [3.63, 3.8) is 0 Å². The van der Waals surface area contributed by atoms with Gasteiger partial charge < -0.3 is 5.32 Å². The summed E-state index contributed by atoms with van der Waals surface area (Å²) in [6.07, 6.45) is 5.62. The van der Waals surface area contributed by atoms with Gasteiger partial charge in [0.2, 0.25) is 15.9 Å². The first-order valence-corrected chi connectivity index (χ1v) is 10.7. The Bertz CT molecular complexity index is 1020. The molecule has 2 aromatic heterocycles. The number of benzene rings is 1. The highest BCUT2D eigenvalue weighted by Gasteiger charge is 2.27. The monoisotopic (exact) mass is 390 g/mol. The number of aromatic nitrogens is 2. The van der Waals surface area contributed by atoms with E-state index in [1.165, 1.54) is 21.7 Å². The van der Waals surface area contributed by atoms with Gasteiger partial charge in [-0.3, -0.25) is 9.20 Å². The molecule has 1 N–H and O–H groups in total. The summed E-state index contributed by atoms with van der Waals surface area (Å²) in [6.45, 7) is 1.10. The molecule has 4 rings (SSSR count). The first-order valence-electron chi connectivity index (χ1n) is 8.33. The van der Waals surface area contributed by atoms with Gasteiger partial charge in [-0.1, -0.05) is 6.07 Å². The first-order chi connectivity index (χ1) is 12.5. The van der Waals surface area contributed by atoms with Gasteiger partial charge in [-0.25, -0.2) is 13.4 Å². The number of nitrogens with zero attached hydrogens (tertiary/aromatic N) is 3. The van der Waals surface area contributed by atoms with Crippen LogP contribution in [0.25, 0.3) is 4.96 Å². The van der Waals surface area contributed by atoms with Gasteiger partial charge in [0, 0.05) is 36.6 Å². The van der Waals surface area contributed by atoms with Gasteiger partial charge in [0.1, 0.15) is 0 Å². The van der Waals surface area contributed by atoms with Crippen LogP contribution in [-0.4, -0.2) is 41.1 Å². The molecule has 0 bridgehead atoms. The van der Waals surface area contributed by atoms with Crippen molar-refractivity contribution in [1.29, 1.82) is 0 Å². The van der Waals surface area contributed by atoms with Crippen LogP contribution in [0.15, 0.2) is 46.9 Å². The predicted molar refractivity (Wildman–Crippen MR) is 99.8 cm³/mol. The summed E-state index contributed by atoms with van der Waals surface area (Å²) in [6, 6.07) is 6.40. The molecule has 1 amide bonds. The molecule has 26 heavy (non-hydrogen) atoms. The number of anilines is 1. The summed E-state index contributed by atoms with van der Waals surface area (Å²) in [5.41, 5.74) is 1.14. The average Bonchev–Trinajstić information content (AvgIpc) is 3.32. The third-order valence-corrected chi connectivity index (χ3v) is 6.97. The molecule has 1 aliphatic rings. The molecule has 1 aliphatic heterocycles. The molecule has 1 fully saturated rings. The van der Waals surface area contributed by atoms with E-state index in [0.717, 1.165) is 17.8 Å². The van der Waals surface area contributed by atoms with Gasteiger partial charge in [-0.05, 0) is 31.0 Å². The van der Waals surface area contributed by atoms with E-state index in [9.17, 15) is 13.2 Å². The number of hydrogen-bond donors (Lipinski definition) is 1. The van der Waals surface area contributed by atoms with Crippen molar-refractivity contribution < 1.29 is 13.2 Å². The van der Waals surface area contributed by atoms with E-state index in [1.54, 1.807) is 18.2 Å². The largest absolute Gasteiger partial charge is 0.326 e. The van der Waals surface area contributed by atoms with E-state index >= 15 is 0 Å². The topological polar surface area (TPSA) is 83.8 Å². The average molecular weight is 390 g/mol. The lowest BCUT2D eigenvalue weighted by atomic mass is 10.3. The fourth-order valence-electron chi connectivity index (χ4n) is 3.04. The third-order valence-electron chi connectivity index (χ3n) is 4.31. The van der Waals surface area contributed by atoms with Crippen LogP contribution in [0.4, 0.5) is 5.69 Å². The summed E-state index contributed by atoms with van der Waals surface area (Å²) in [5.74, 6) is -0.230. The number of hydrogen-bond acceptors (Lipinski definition) is 5. The van der Waals surface area contributed by atoms with Gasteiger partial charge in [0.05, 0.1) is 17.0 Å². The van der Waals surface area contributed by atoms with Crippen LogP contribution in [0, 0.1) is 0 Å². The zero-order valence-electron chi connectivity index (χ0n) is 14.0. The predicted octanol–water partition coefficient (Wildman–Crippen LogP) is 2.36. The minimum Gasteiger partial charge on any atom is -0.326 e. The molecule has 0 atom stereocenters. The third kappa shape index (κ3) is 3.37. The van der Waals surface area contributed by atoms with Crippen molar-refractivity contribution in [3.8, 4) is 0 Å². The number of nitrogens with one attached hydrogen (secondary N) is 1. The van der Waals surface area contributed by atoms with E-state index in [0.29, 0.717) is 24.5 Å². The number of carbonyl (C=O) groups excluding carboxylic acids is 1. The zero-order chi connectivity index (χ0) is 18.1. The van der Waals surface area contributed by atoms with Gasteiger partial charge in [-0.15, -0.1) is 11.3 Å². The summed E-state index contributed by atoms with van der Waals surface area (Å²) in [4.78, 5) is 17.7. The summed E-state index contributed by atoms with van der Waals surface area (Å²) >= 11 is 1.50. The van der Waals surface area contributed by atoms with Crippen LogP contribution in [0.1, 0.15) is 18.5 Å². The minimum atomic E-state index is -3.50. The van der Waals surface area contributed by atoms with E-state index in [2.05, 4.69) is 10.3 Å². The number of amides is 1. The Morgan fingerprint density at radius 2 is 2.08 bits per heavy atom. The Labute approximate surface area is 155 Å². The molecular formula is C17H18N4O3S2. The number of carbonyl (C=O) groups is 1.